The fourth-order valence-corrected chi connectivity index (χ4v) is 4.94. The smallest absolute Gasteiger partial charge is 0.394 e. The number of allylic oxidation sites excluding steroid dienone is 1. The van der Waals surface area contributed by atoms with E-state index in [0.717, 1.165) is 25.7 Å². The van der Waals surface area contributed by atoms with Crippen molar-refractivity contribution in [3.63, 3.8) is 0 Å². The molecule has 0 aromatic carbocycles. The van der Waals surface area contributed by atoms with Crippen molar-refractivity contribution in [2.75, 3.05) is 19.8 Å². The summed E-state index contributed by atoms with van der Waals surface area (Å²) in [5.41, 5.74) is 5.37. The maximum Gasteiger partial charge on any atom is 0.397 e. The van der Waals surface area contributed by atoms with Gasteiger partial charge in [0.2, 0.25) is 5.91 Å². The molecule has 0 spiro atoms. The predicted octanol–water partition coefficient (Wildman–Crippen LogP) is 0.692. The van der Waals surface area contributed by atoms with E-state index in [4.69, 9.17) is 19.8 Å². The van der Waals surface area contributed by atoms with Gasteiger partial charge in [-0.15, -0.1) is 0 Å². The molecular weight excluding hydrogens is 548 g/mol. The van der Waals surface area contributed by atoms with Crippen LogP contribution in [0.1, 0.15) is 84.0 Å². The number of aliphatic hydroxyl groups excluding tert-OH is 4. The van der Waals surface area contributed by atoms with Gasteiger partial charge in [0.15, 0.2) is 6.29 Å². The number of amides is 1. The van der Waals surface area contributed by atoms with Crippen LogP contribution in [0.5, 0.6) is 0 Å². The minimum absolute atomic E-state index is 0.350. The van der Waals surface area contributed by atoms with Gasteiger partial charge in [-0.25, -0.2) is 4.18 Å². The van der Waals surface area contributed by atoms with Crippen LogP contribution in [-0.4, -0.2) is 102 Å². The van der Waals surface area contributed by atoms with Crippen LogP contribution in [0.15, 0.2) is 12.2 Å². The van der Waals surface area contributed by atoms with Crippen molar-refractivity contribution in [3.8, 4) is 0 Å². The third-order valence-electron chi connectivity index (χ3n) is 6.75. The molecule has 1 saturated heterocycles. The second kappa shape index (κ2) is 20.6. The average molecular weight is 599 g/mol. The molecule has 1 rings (SSSR count). The van der Waals surface area contributed by atoms with Crippen LogP contribution in [0.3, 0.4) is 0 Å². The summed E-state index contributed by atoms with van der Waals surface area (Å²) in [5, 5.41) is 43.1. The van der Waals surface area contributed by atoms with Gasteiger partial charge in [0.1, 0.15) is 24.4 Å². The monoisotopic (exact) mass is 598 g/mol. The number of nitrogens with two attached hydrogens (primary N) is 1. The van der Waals surface area contributed by atoms with Gasteiger partial charge in [0.05, 0.1) is 31.9 Å². The van der Waals surface area contributed by atoms with Gasteiger partial charge < -0.3 is 41.0 Å². The van der Waals surface area contributed by atoms with E-state index in [9.17, 15) is 33.6 Å². The van der Waals surface area contributed by atoms with Gasteiger partial charge in [0, 0.05) is 0 Å². The molecule has 13 nitrogen and oxygen atoms in total. The van der Waals surface area contributed by atoms with Crippen molar-refractivity contribution in [2.24, 2.45) is 5.73 Å². The SMILES string of the molecule is CCCCCCCCCCCCCC=CC(O)C(COC1OC(CO)C(O)C(OS(=O)(=O)O)C1O)NC(=O)CN. The van der Waals surface area contributed by atoms with Crippen molar-refractivity contribution < 1.29 is 51.8 Å². The first kappa shape index (κ1) is 36.8. The third-order valence-corrected chi connectivity index (χ3v) is 7.21. The summed E-state index contributed by atoms with van der Waals surface area (Å²) in [5.74, 6) is -0.576. The highest BCUT2D eigenvalue weighted by Crippen LogP contribution is 2.25. The van der Waals surface area contributed by atoms with Gasteiger partial charge in [-0.3, -0.25) is 9.35 Å². The Hall–Kier alpha value is -1.20. The lowest BCUT2D eigenvalue weighted by atomic mass is 9.99. The lowest BCUT2D eigenvalue weighted by molar-refractivity contribution is -0.298. The summed E-state index contributed by atoms with van der Waals surface area (Å²) in [6.45, 7) is 0.673. The minimum atomic E-state index is -5.07. The normalized spacial score (nSPS) is 25.2. The highest BCUT2D eigenvalue weighted by atomic mass is 32.3. The Balaban J connectivity index is 2.54. The summed E-state index contributed by atoms with van der Waals surface area (Å²) in [7, 11) is -5.07. The van der Waals surface area contributed by atoms with Crippen molar-refractivity contribution in [1.82, 2.24) is 5.32 Å². The second-order valence-electron chi connectivity index (χ2n) is 10.1. The van der Waals surface area contributed by atoms with Gasteiger partial charge in [-0.2, -0.15) is 8.42 Å². The minimum Gasteiger partial charge on any atom is -0.394 e. The molecule has 1 aliphatic heterocycles. The van der Waals surface area contributed by atoms with Crippen LogP contribution in [0.2, 0.25) is 0 Å². The number of aliphatic hydroxyl groups is 4. The number of carbonyl (C=O) groups excluding carboxylic acids is 1. The van der Waals surface area contributed by atoms with Gasteiger partial charge in [-0.1, -0.05) is 83.3 Å². The number of hydrogen-bond donors (Lipinski definition) is 7. The summed E-state index contributed by atoms with van der Waals surface area (Å²) >= 11 is 0. The highest BCUT2D eigenvalue weighted by Gasteiger charge is 2.48. The molecule has 236 valence electrons. The zero-order valence-electron chi connectivity index (χ0n) is 23.5. The van der Waals surface area contributed by atoms with E-state index < -0.39 is 72.4 Å². The largest absolute Gasteiger partial charge is 0.397 e. The molecule has 0 radical (unpaired) electrons. The van der Waals surface area contributed by atoms with Gasteiger partial charge in [0.25, 0.3) is 0 Å². The molecule has 0 aliphatic carbocycles. The standard InChI is InChI=1S/C26H50N2O11S/c1-2-3-4-5-6-7-8-9-10-11-12-13-14-15-20(30)19(28-22(31)16-27)18-37-26-24(33)25(39-40(34,35)36)23(32)21(17-29)38-26/h14-15,19-21,23-26,29-30,32-33H,2-13,16-18,27H2,1H3,(H,28,31)(H,34,35,36). The fraction of sp³-hybridized carbons (Fsp3) is 0.885. The average Bonchev–Trinajstić information content (AvgIpc) is 2.91. The molecule has 7 atom stereocenters. The predicted molar refractivity (Wildman–Crippen MR) is 147 cm³/mol. The number of unbranched alkanes of at least 4 members (excludes halogenated alkanes) is 11. The van der Waals surface area contributed by atoms with Crippen LogP contribution in [0.4, 0.5) is 0 Å². The number of carbonyl (C=O) groups is 1. The first-order valence-electron chi connectivity index (χ1n) is 14.3. The van der Waals surface area contributed by atoms with Gasteiger partial charge in [-0.05, 0) is 12.8 Å². The van der Waals surface area contributed by atoms with E-state index in [1.165, 1.54) is 57.4 Å². The molecule has 0 bridgehead atoms. The van der Waals surface area contributed by atoms with Crippen LogP contribution < -0.4 is 11.1 Å². The van der Waals surface area contributed by atoms with E-state index in [1.807, 2.05) is 0 Å². The van der Waals surface area contributed by atoms with E-state index in [1.54, 1.807) is 6.08 Å². The number of nitrogens with one attached hydrogen (secondary N) is 1. The Kier molecular flexibility index (Phi) is 19.0. The first-order chi connectivity index (χ1) is 19.0. The fourth-order valence-electron chi connectivity index (χ4n) is 4.43. The van der Waals surface area contributed by atoms with Crippen molar-refractivity contribution in [1.29, 1.82) is 0 Å². The maximum absolute atomic E-state index is 11.9. The molecule has 40 heavy (non-hydrogen) atoms. The van der Waals surface area contributed by atoms with E-state index in [2.05, 4.69) is 16.4 Å². The lowest BCUT2D eigenvalue weighted by Crippen LogP contribution is -2.61. The third kappa shape index (κ3) is 15.1. The molecule has 14 heteroatoms. The Labute approximate surface area is 238 Å². The molecule has 1 amide bonds. The van der Waals surface area contributed by atoms with Crippen molar-refractivity contribution in [2.45, 2.75) is 127 Å². The Morgan fingerprint density at radius 3 is 2.12 bits per heavy atom. The molecule has 0 aromatic rings. The second-order valence-corrected chi connectivity index (χ2v) is 11.2. The Morgan fingerprint density at radius 1 is 1.02 bits per heavy atom. The molecule has 8 N–H and O–H groups in total. The highest BCUT2D eigenvalue weighted by molar-refractivity contribution is 7.80. The van der Waals surface area contributed by atoms with Crippen LogP contribution in [0, 0.1) is 0 Å². The van der Waals surface area contributed by atoms with E-state index >= 15 is 0 Å². The Morgan fingerprint density at radius 2 is 1.60 bits per heavy atom. The van der Waals surface area contributed by atoms with Crippen molar-refractivity contribution >= 4 is 16.3 Å². The first-order valence-corrected chi connectivity index (χ1v) is 15.6. The zero-order valence-corrected chi connectivity index (χ0v) is 24.3. The maximum atomic E-state index is 11.9. The summed E-state index contributed by atoms with van der Waals surface area (Å²) in [4.78, 5) is 11.9. The molecule has 1 aliphatic rings. The lowest BCUT2D eigenvalue weighted by Gasteiger charge is -2.41. The topological polar surface area (TPSA) is 218 Å². The summed E-state index contributed by atoms with van der Waals surface area (Å²) in [6.07, 6.45) is 7.70. The van der Waals surface area contributed by atoms with E-state index in [0.29, 0.717) is 0 Å². The van der Waals surface area contributed by atoms with Crippen LogP contribution >= 0.6 is 0 Å². The molecular formula is C26H50N2O11S. The molecule has 0 saturated carbocycles. The Bertz CT molecular complexity index is 814. The summed E-state index contributed by atoms with van der Waals surface area (Å²) in [6, 6.07) is -1.01. The molecule has 7 unspecified atom stereocenters. The zero-order chi connectivity index (χ0) is 30.0. The number of hydrogen-bond acceptors (Lipinski definition) is 11. The van der Waals surface area contributed by atoms with Crippen LogP contribution in [0.25, 0.3) is 0 Å². The number of ether oxygens (including phenoxy) is 2. The molecule has 0 aromatic heterocycles. The van der Waals surface area contributed by atoms with E-state index in [-0.39, 0.29) is 6.54 Å². The molecule has 1 heterocycles. The number of rotatable bonds is 22. The quantitative estimate of drug-likeness (QED) is 0.0520. The van der Waals surface area contributed by atoms with Gasteiger partial charge >= 0.3 is 10.4 Å². The van der Waals surface area contributed by atoms with Crippen molar-refractivity contribution in [3.05, 3.63) is 12.2 Å². The van der Waals surface area contributed by atoms with Crippen LogP contribution in [-0.2, 0) is 28.9 Å². The summed E-state index contributed by atoms with van der Waals surface area (Å²) < 4.78 is 46.3. The molecule has 1 fully saturated rings.